The number of non-ortho nitro benzene ring substituents is 1. The summed E-state index contributed by atoms with van der Waals surface area (Å²) in [7, 11) is 0. The predicted octanol–water partition coefficient (Wildman–Crippen LogP) is 4.93. The van der Waals surface area contributed by atoms with E-state index in [1.54, 1.807) is 19.1 Å². The van der Waals surface area contributed by atoms with Gasteiger partial charge >= 0.3 is 5.97 Å². The molecule has 0 bridgehead atoms. The number of imidazole rings is 1. The van der Waals surface area contributed by atoms with Crippen LogP contribution >= 0.6 is 0 Å². The van der Waals surface area contributed by atoms with E-state index in [0.29, 0.717) is 22.8 Å². The monoisotopic (exact) mass is 440 g/mol. The lowest BCUT2D eigenvalue weighted by atomic mass is 9.92. The third-order valence-corrected chi connectivity index (χ3v) is 5.59. The topological polar surface area (TPSA) is 99.3 Å². The molecule has 0 saturated heterocycles. The first-order valence-electron chi connectivity index (χ1n) is 10.5. The Morgan fingerprint density at radius 2 is 1.85 bits per heavy atom. The summed E-state index contributed by atoms with van der Waals surface area (Å²) in [6, 6.07) is 22.7. The molecule has 33 heavy (non-hydrogen) atoms. The highest BCUT2D eigenvalue weighted by Gasteiger charge is 2.37. The number of nitro benzene ring substituents is 1. The molecule has 5 rings (SSSR count). The van der Waals surface area contributed by atoms with E-state index in [1.165, 1.54) is 12.1 Å². The number of nitro groups is 1. The van der Waals surface area contributed by atoms with Gasteiger partial charge in [0.2, 0.25) is 5.95 Å². The molecule has 8 nitrogen and oxygen atoms in total. The van der Waals surface area contributed by atoms with E-state index in [-0.39, 0.29) is 12.3 Å². The third-order valence-electron chi connectivity index (χ3n) is 5.59. The van der Waals surface area contributed by atoms with Gasteiger partial charge in [-0.05, 0) is 30.2 Å². The molecule has 2 heterocycles. The summed E-state index contributed by atoms with van der Waals surface area (Å²) < 4.78 is 7.36. The Labute approximate surface area is 189 Å². The average Bonchev–Trinajstić information content (AvgIpc) is 3.22. The number of rotatable bonds is 5. The lowest BCUT2D eigenvalue weighted by Gasteiger charge is -2.31. The molecule has 164 valence electrons. The first kappa shape index (κ1) is 20.4. The van der Waals surface area contributed by atoms with Gasteiger partial charge in [-0.25, -0.2) is 9.78 Å². The molecular formula is C25H20N4O4. The second-order valence-electron chi connectivity index (χ2n) is 7.55. The van der Waals surface area contributed by atoms with Crippen molar-refractivity contribution >= 4 is 34.3 Å². The average molecular weight is 440 g/mol. The Kier molecular flexibility index (Phi) is 5.10. The molecule has 1 aliphatic rings. The highest BCUT2D eigenvalue weighted by molar-refractivity contribution is 6.03. The van der Waals surface area contributed by atoms with Crippen LogP contribution in [0.4, 0.5) is 11.6 Å². The van der Waals surface area contributed by atoms with Crippen LogP contribution in [0.2, 0.25) is 0 Å². The summed E-state index contributed by atoms with van der Waals surface area (Å²) in [5.74, 6) is 0.0448. The number of nitrogens with zero attached hydrogens (tertiary/aromatic N) is 3. The number of carbonyl (C=O) groups is 1. The van der Waals surface area contributed by atoms with Gasteiger partial charge in [0, 0.05) is 12.1 Å². The molecule has 0 amide bonds. The van der Waals surface area contributed by atoms with Gasteiger partial charge in [0.15, 0.2) is 0 Å². The minimum atomic E-state index is -0.678. The van der Waals surface area contributed by atoms with Crippen LogP contribution < -0.4 is 5.32 Å². The van der Waals surface area contributed by atoms with E-state index in [2.05, 4.69) is 5.32 Å². The van der Waals surface area contributed by atoms with Gasteiger partial charge in [-0.2, -0.15) is 0 Å². The van der Waals surface area contributed by atoms with E-state index in [4.69, 9.17) is 9.72 Å². The van der Waals surface area contributed by atoms with E-state index < -0.39 is 16.9 Å². The first-order chi connectivity index (χ1) is 16.1. The van der Waals surface area contributed by atoms with Gasteiger partial charge in [0.05, 0.1) is 39.9 Å². The van der Waals surface area contributed by atoms with Crippen LogP contribution in [0.25, 0.3) is 16.7 Å². The Balaban J connectivity index is 1.84. The van der Waals surface area contributed by atoms with Gasteiger partial charge in [-0.3, -0.25) is 14.7 Å². The van der Waals surface area contributed by atoms with Crippen LogP contribution in [-0.2, 0) is 9.53 Å². The van der Waals surface area contributed by atoms with Crippen molar-refractivity contribution in [2.75, 3.05) is 11.9 Å². The van der Waals surface area contributed by atoms with Crippen molar-refractivity contribution in [2.24, 2.45) is 0 Å². The van der Waals surface area contributed by atoms with Crippen molar-refractivity contribution in [3.8, 4) is 0 Å². The molecule has 1 aliphatic heterocycles. The summed E-state index contributed by atoms with van der Waals surface area (Å²) in [5, 5.41) is 14.8. The highest BCUT2D eigenvalue weighted by atomic mass is 16.6. The molecule has 0 fully saturated rings. The largest absolute Gasteiger partial charge is 0.463 e. The molecule has 0 saturated carbocycles. The first-order valence-corrected chi connectivity index (χ1v) is 10.5. The molecular weight excluding hydrogens is 420 g/mol. The molecule has 1 aromatic heterocycles. The lowest BCUT2D eigenvalue weighted by molar-refractivity contribution is -0.384. The number of esters is 1. The Hall–Kier alpha value is -4.46. The highest BCUT2D eigenvalue weighted by Crippen LogP contribution is 2.42. The third kappa shape index (κ3) is 3.51. The Morgan fingerprint density at radius 3 is 2.61 bits per heavy atom. The number of carbonyl (C=O) groups excluding carboxylic acids is 1. The maximum atomic E-state index is 13.4. The van der Waals surface area contributed by atoms with E-state index in [9.17, 15) is 14.9 Å². The van der Waals surface area contributed by atoms with E-state index in [0.717, 1.165) is 16.6 Å². The summed E-state index contributed by atoms with van der Waals surface area (Å²) >= 11 is 0. The molecule has 1 atom stereocenters. The molecule has 0 radical (unpaired) electrons. The normalized spacial score (nSPS) is 15.1. The van der Waals surface area contributed by atoms with Crippen LogP contribution in [0.3, 0.4) is 0 Å². The zero-order chi connectivity index (χ0) is 22.9. The quantitative estimate of drug-likeness (QED) is 0.268. The number of anilines is 1. The van der Waals surface area contributed by atoms with Crippen molar-refractivity contribution in [3.63, 3.8) is 0 Å². The fourth-order valence-electron chi connectivity index (χ4n) is 4.22. The number of ether oxygens (including phenoxy) is 1. The molecule has 0 aliphatic carbocycles. The number of para-hydroxylation sites is 2. The van der Waals surface area contributed by atoms with Crippen LogP contribution in [0.5, 0.6) is 0 Å². The minimum absolute atomic E-state index is 0.0542. The van der Waals surface area contributed by atoms with Gasteiger partial charge in [0.25, 0.3) is 5.69 Å². The lowest BCUT2D eigenvalue weighted by Crippen LogP contribution is -2.29. The maximum absolute atomic E-state index is 13.4. The van der Waals surface area contributed by atoms with Crippen LogP contribution in [0.15, 0.2) is 84.4 Å². The number of nitrogens with one attached hydrogen (secondary N) is 1. The standard InChI is InChI=1S/C25H20N4O4/c1-2-33-24(30)21-22(16-9-4-3-5-10-16)27-25-26-19-13-6-7-14-20(19)28(25)23(21)17-11-8-12-18(15-17)29(31)32/h3-15,23H,2H2,1H3,(H,26,27)/t23-/m0/s1. The van der Waals surface area contributed by atoms with Crippen molar-refractivity contribution in [2.45, 2.75) is 13.0 Å². The summed E-state index contributed by atoms with van der Waals surface area (Å²) in [6.45, 7) is 1.95. The van der Waals surface area contributed by atoms with Gasteiger partial charge in [-0.15, -0.1) is 0 Å². The molecule has 1 N–H and O–H groups in total. The van der Waals surface area contributed by atoms with E-state index in [1.807, 2.05) is 59.2 Å². The molecule has 8 heteroatoms. The van der Waals surface area contributed by atoms with Gasteiger partial charge in [-0.1, -0.05) is 54.6 Å². The second kappa shape index (κ2) is 8.23. The number of hydrogen-bond donors (Lipinski definition) is 1. The zero-order valence-electron chi connectivity index (χ0n) is 17.8. The van der Waals surface area contributed by atoms with Gasteiger partial charge < -0.3 is 10.1 Å². The smallest absolute Gasteiger partial charge is 0.338 e. The summed E-state index contributed by atoms with van der Waals surface area (Å²) in [5.41, 5.74) is 3.79. The minimum Gasteiger partial charge on any atom is -0.463 e. The van der Waals surface area contributed by atoms with Gasteiger partial charge in [0.1, 0.15) is 0 Å². The summed E-state index contributed by atoms with van der Waals surface area (Å²) in [6.07, 6.45) is 0. The fourth-order valence-corrected chi connectivity index (χ4v) is 4.22. The number of aromatic nitrogens is 2. The fraction of sp³-hybridized carbons (Fsp3) is 0.120. The maximum Gasteiger partial charge on any atom is 0.338 e. The van der Waals surface area contributed by atoms with Crippen LogP contribution in [-0.4, -0.2) is 27.1 Å². The predicted molar refractivity (Wildman–Crippen MR) is 125 cm³/mol. The zero-order valence-corrected chi connectivity index (χ0v) is 17.8. The Morgan fingerprint density at radius 1 is 1.09 bits per heavy atom. The van der Waals surface area contributed by atoms with Crippen LogP contribution in [0.1, 0.15) is 24.1 Å². The number of fused-ring (bicyclic) bond motifs is 3. The second-order valence-corrected chi connectivity index (χ2v) is 7.55. The van der Waals surface area contributed by atoms with E-state index >= 15 is 0 Å². The number of benzene rings is 3. The molecule has 0 spiro atoms. The Bertz CT molecular complexity index is 1410. The van der Waals surface area contributed by atoms with Crippen LogP contribution in [0, 0.1) is 10.1 Å². The summed E-state index contributed by atoms with van der Waals surface area (Å²) in [4.78, 5) is 29.2. The van der Waals surface area contributed by atoms with Crippen molar-refractivity contribution < 1.29 is 14.5 Å². The molecule has 0 unspecified atom stereocenters. The van der Waals surface area contributed by atoms with Crippen molar-refractivity contribution in [1.82, 2.24) is 9.55 Å². The van der Waals surface area contributed by atoms with Crippen molar-refractivity contribution in [1.29, 1.82) is 0 Å². The van der Waals surface area contributed by atoms with Crippen molar-refractivity contribution in [3.05, 3.63) is 106 Å². The number of hydrogen-bond acceptors (Lipinski definition) is 6. The SMILES string of the molecule is CCOC(=O)C1=C(c2ccccc2)Nc2nc3ccccc3n2[C@H]1c1cccc([N+](=O)[O-])c1. The molecule has 4 aromatic rings. The molecule has 3 aromatic carbocycles.